The number of nitrogens with two attached hydrogens (primary N) is 3. The zero-order valence-electron chi connectivity index (χ0n) is 43.6. The summed E-state index contributed by atoms with van der Waals surface area (Å²) in [5, 5.41) is 16.1. The van der Waals surface area contributed by atoms with Crippen molar-refractivity contribution in [3.8, 4) is 0 Å². The average molecular weight is 993 g/mol. The molecule has 1 aliphatic rings. The second-order valence-electron chi connectivity index (χ2n) is 22.2. The molecular formula is C53H80N6O12. The smallest absolute Gasteiger partial charge is 0.324 e. The van der Waals surface area contributed by atoms with E-state index in [1.807, 2.05) is 18.2 Å². The molecule has 18 heteroatoms. The number of ether oxygens (including phenoxy) is 3. The molecule has 2 aromatic carbocycles. The SMILES string of the molecule is CC(C)CC(C(=O)NC(N)(CCCCC(=O)OC(C)(C)C)C(=O)N1CCC(C(=O)O)(C(=O)OC(C)(C)C)CC1N)C(=O)C(Cc1ccccc1)C(=O)C(Cc1ccccc1)NC(N)CC(=O)OC(C)(C)C. The van der Waals surface area contributed by atoms with E-state index >= 15 is 9.59 Å². The van der Waals surface area contributed by atoms with Crippen LogP contribution in [-0.2, 0) is 65.4 Å². The monoisotopic (exact) mass is 993 g/mol. The number of piperidine rings is 1. The van der Waals surface area contributed by atoms with Gasteiger partial charge < -0.3 is 46.7 Å². The van der Waals surface area contributed by atoms with Crippen LogP contribution in [0.5, 0.6) is 0 Å². The number of benzene rings is 2. The molecule has 0 aliphatic carbocycles. The molecule has 7 unspecified atom stereocenters. The molecule has 1 aliphatic heterocycles. The topological polar surface area (TPSA) is 290 Å². The summed E-state index contributed by atoms with van der Waals surface area (Å²) in [4.78, 5) is 113. The summed E-state index contributed by atoms with van der Waals surface area (Å²) in [7, 11) is 0. The summed E-state index contributed by atoms with van der Waals surface area (Å²) >= 11 is 0. The molecule has 1 fully saturated rings. The van der Waals surface area contributed by atoms with Gasteiger partial charge in [0, 0.05) is 19.4 Å². The van der Waals surface area contributed by atoms with Gasteiger partial charge in [-0.05, 0) is 124 Å². The van der Waals surface area contributed by atoms with Crippen LogP contribution in [-0.4, -0.2) is 105 Å². The first-order chi connectivity index (χ1) is 32.8. The minimum absolute atomic E-state index is 0.0485. The number of esters is 3. The van der Waals surface area contributed by atoms with Crippen molar-refractivity contribution in [2.45, 2.75) is 181 Å². The zero-order valence-corrected chi connectivity index (χ0v) is 43.6. The van der Waals surface area contributed by atoms with E-state index in [1.165, 1.54) is 0 Å². The maximum atomic E-state index is 15.3. The lowest BCUT2D eigenvalue weighted by Gasteiger charge is -2.45. The summed E-state index contributed by atoms with van der Waals surface area (Å²) in [6, 6.07) is 16.7. The van der Waals surface area contributed by atoms with Gasteiger partial charge in [0.05, 0.1) is 36.6 Å². The van der Waals surface area contributed by atoms with E-state index in [0.29, 0.717) is 5.56 Å². The van der Waals surface area contributed by atoms with E-state index < -0.39 is 118 Å². The molecule has 3 rings (SSSR count). The minimum Gasteiger partial charge on any atom is -0.480 e. The van der Waals surface area contributed by atoms with Crippen molar-refractivity contribution in [3.63, 3.8) is 0 Å². The number of unbranched alkanes of at least 4 members (excludes halogenated alkanes) is 1. The summed E-state index contributed by atoms with van der Waals surface area (Å²) in [5.74, 6) is -10.1. The van der Waals surface area contributed by atoms with Crippen molar-refractivity contribution in [1.82, 2.24) is 15.5 Å². The fourth-order valence-electron chi connectivity index (χ4n) is 8.47. The van der Waals surface area contributed by atoms with Crippen LogP contribution in [0.2, 0.25) is 0 Å². The third kappa shape index (κ3) is 18.9. The molecule has 71 heavy (non-hydrogen) atoms. The number of nitrogens with zero attached hydrogens (tertiary/aromatic N) is 1. The number of hydrogen-bond donors (Lipinski definition) is 6. The minimum atomic E-state index is -2.29. The Morgan fingerprint density at radius 1 is 0.746 bits per heavy atom. The van der Waals surface area contributed by atoms with Gasteiger partial charge in [0.2, 0.25) is 5.91 Å². The van der Waals surface area contributed by atoms with Gasteiger partial charge in [-0.3, -0.25) is 43.7 Å². The Morgan fingerprint density at radius 2 is 1.27 bits per heavy atom. The van der Waals surface area contributed by atoms with E-state index in [1.54, 1.807) is 119 Å². The first-order valence-corrected chi connectivity index (χ1v) is 24.5. The number of carbonyl (C=O) groups is 8. The van der Waals surface area contributed by atoms with Crippen LogP contribution in [0.3, 0.4) is 0 Å². The fourth-order valence-corrected chi connectivity index (χ4v) is 8.47. The van der Waals surface area contributed by atoms with Crippen molar-refractivity contribution in [2.75, 3.05) is 6.54 Å². The standard InChI is InChI=1S/C53H80N6O12/c1-33(2)28-37(43(62)36(29-34-20-14-12-15-21-34)44(63)38(30-35-22-16-13-17-23-35)57-39(54)31-42(61)70-50(6,7)8)45(64)58-53(56,25-19-18-24-41(60)69-49(3,4)5)46(65)59-27-26-52(47(66)67,32-40(59)55)48(68)71-51(9,10)11/h12-17,20-23,33,36-40,57H,18-19,24-32,54-56H2,1-11H3,(H,58,64)(H,66,67). The second kappa shape index (κ2) is 25.2. The molecule has 394 valence electrons. The van der Waals surface area contributed by atoms with E-state index in [-0.39, 0.29) is 63.8 Å². The number of carboxylic acids is 1. The highest BCUT2D eigenvalue weighted by molar-refractivity contribution is 6.13. The molecule has 7 atom stereocenters. The van der Waals surface area contributed by atoms with Gasteiger partial charge in [-0.15, -0.1) is 0 Å². The molecule has 9 N–H and O–H groups in total. The highest BCUT2D eigenvalue weighted by Gasteiger charge is 2.55. The molecular weight excluding hydrogens is 913 g/mol. The Morgan fingerprint density at radius 3 is 1.76 bits per heavy atom. The van der Waals surface area contributed by atoms with E-state index in [9.17, 15) is 33.9 Å². The maximum absolute atomic E-state index is 15.3. The highest BCUT2D eigenvalue weighted by atomic mass is 16.6. The molecule has 0 saturated carbocycles. The van der Waals surface area contributed by atoms with Crippen LogP contribution >= 0.6 is 0 Å². The molecule has 0 bridgehead atoms. The number of ketones is 2. The van der Waals surface area contributed by atoms with Crippen LogP contribution in [0, 0.1) is 23.2 Å². The third-order valence-electron chi connectivity index (χ3n) is 11.7. The quantitative estimate of drug-likeness (QED) is 0.0269. The highest BCUT2D eigenvalue weighted by Crippen LogP contribution is 2.38. The predicted molar refractivity (Wildman–Crippen MR) is 266 cm³/mol. The van der Waals surface area contributed by atoms with Gasteiger partial charge >= 0.3 is 23.9 Å². The number of carbonyl (C=O) groups excluding carboxylic acids is 7. The van der Waals surface area contributed by atoms with E-state index in [4.69, 9.17) is 31.4 Å². The van der Waals surface area contributed by atoms with Crippen molar-refractivity contribution in [2.24, 2.45) is 40.4 Å². The van der Waals surface area contributed by atoms with Gasteiger partial charge in [0.15, 0.2) is 22.6 Å². The number of rotatable bonds is 24. The molecule has 2 aromatic rings. The van der Waals surface area contributed by atoms with E-state index in [0.717, 1.165) is 10.5 Å². The molecule has 1 saturated heterocycles. The fraction of sp³-hybridized carbons (Fsp3) is 0.623. The van der Waals surface area contributed by atoms with Gasteiger partial charge in [0.25, 0.3) is 5.91 Å². The number of Topliss-reactive ketones (excluding diaryl/α,β-unsaturated/α-hetero) is 2. The second-order valence-corrected chi connectivity index (χ2v) is 22.2. The number of likely N-dealkylation sites (tertiary alicyclic amines) is 1. The van der Waals surface area contributed by atoms with Crippen molar-refractivity contribution >= 4 is 47.3 Å². The maximum Gasteiger partial charge on any atom is 0.324 e. The molecule has 2 amide bonds. The third-order valence-corrected chi connectivity index (χ3v) is 11.7. The van der Waals surface area contributed by atoms with Crippen molar-refractivity contribution < 1.29 is 57.7 Å². The zero-order chi connectivity index (χ0) is 53.7. The van der Waals surface area contributed by atoms with Crippen molar-refractivity contribution in [3.05, 3.63) is 71.8 Å². The summed E-state index contributed by atoms with van der Waals surface area (Å²) in [6.07, 6.45) is -3.85. The van der Waals surface area contributed by atoms with Gasteiger partial charge in [-0.25, -0.2) is 0 Å². The Balaban J connectivity index is 2.10. The number of amides is 2. The number of nitrogens with one attached hydrogen (secondary N) is 2. The van der Waals surface area contributed by atoms with E-state index in [2.05, 4.69) is 10.6 Å². The average Bonchev–Trinajstić information content (AvgIpc) is 3.23. The Kier molecular flexibility index (Phi) is 21.2. The molecule has 0 radical (unpaired) electrons. The lowest BCUT2D eigenvalue weighted by Crippen LogP contribution is -2.70. The van der Waals surface area contributed by atoms with Crippen LogP contribution in [0.4, 0.5) is 0 Å². The van der Waals surface area contributed by atoms with Crippen LogP contribution in [0.1, 0.15) is 139 Å². The molecule has 0 aromatic heterocycles. The largest absolute Gasteiger partial charge is 0.480 e. The van der Waals surface area contributed by atoms with Crippen LogP contribution in [0.15, 0.2) is 60.7 Å². The number of carboxylic acid groups (broad SMARTS) is 1. The first kappa shape index (κ1) is 59.7. The van der Waals surface area contributed by atoms with Gasteiger partial charge in [-0.1, -0.05) is 74.5 Å². The Labute approximate surface area is 419 Å². The summed E-state index contributed by atoms with van der Waals surface area (Å²) in [6.45, 7) is 18.3. The summed E-state index contributed by atoms with van der Waals surface area (Å²) < 4.78 is 16.4. The Bertz CT molecular complexity index is 2170. The summed E-state index contributed by atoms with van der Waals surface area (Å²) in [5.41, 5.74) is 14.4. The predicted octanol–water partition coefficient (Wildman–Crippen LogP) is 4.86. The molecule has 18 nitrogen and oxygen atoms in total. The molecule has 0 spiro atoms. The van der Waals surface area contributed by atoms with Gasteiger partial charge in [0.1, 0.15) is 16.8 Å². The van der Waals surface area contributed by atoms with Crippen molar-refractivity contribution in [1.29, 1.82) is 0 Å². The lowest BCUT2D eigenvalue weighted by atomic mass is 9.76. The van der Waals surface area contributed by atoms with Crippen LogP contribution < -0.4 is 27.8 Å². The normalized spacial score (nSPS) is 19.0. The number of aliphatic carboxylic acids is 1. The van der Waals surface area contributed by atoms with Crippen LogP contribution in [0.25, 0.3) is 0 Å². The first-order valence-electron chi connectivity index (χ1n) is 24.5. The number of hydrogen-bond acceptors (Lipinski definition) is 15. The Hall–Kier alpha value is -5.56. The molecule has 1 heterocycles. The van der Waals surface area contributed by atoms with Gasteiger partial charge in [-0.2, -0.15) is 0 Å². The lowest BCUT2D eigenvalue weighted by molar-refractivity contribution is -0.184.